The molecule has 4 heterocycles. The van der Waals surface area contributed by atoms with E-state index in [9.17, 15) is 13.2 Å². The van der Waals surface area contributed by atoms with Crippen molar-refractivity contribution in [3.05, 3.63) is 22.6 Å². The second kappa shape index (κ2) is 6.03. The van der Waals surface area contributed by atoms with Gasteiger partial charge in [-0.1, -0.05) is 0 Å². The molecule has 25 heavy (non-hydrogen) atoms. The second-order valence-corrected chi connectivity index (χ2v) is 9.46. The average Bonchev–Trinajstić information content (AvgIpc) is 3.04. The van der Waals surface area contributed by atoms with Crippen LogP contribution in [-0.2, 0) is 20.5 Å². The molecule has 10 heteroatoms. The molecule has 2 aromatic heterocycles. The van der Waals surface area contributed by atoms with Crippen LogP contribution >= 0.6 is 15.9 Å². The SMILES string of the molecule is CS(=O)(=O)Cn1nc(Br)c2cnc(C(=O)N3CC4CCC(C3)O4)cc21. The van der Waals surface area contributed by atoms with Gasteiger partial charge in [0.05, 0.1) is 23.1 Å². The summed E-state index contributed by atoms with van der Waals surface area (Å²) in [6.45, 7) is 1.14. The third-order valence-corrected chi connectivity index (χ3v) is 5.80. The molecule has 0 N–H and O–H groups in total. The lowest BCUT2D eigenvalue weighted by molar-refractivity contribution is -0.0305. The van der Waals surface area contributed by atoms with Gasteiger partial charge in [0.25, 0.3) is 5.91 Å². The molecule has 2 aliphatic rings. The molecular formula is C15H17BrN4O4S. The number of amides is 1. The normalized spacial score (nSPS) is 23.4. The van der Waals surface area contributed by atoms with Gasteiger partial charge in [-0.05, 0) is 34.8 Å². The van der Waals surface area contributed by atoms with Gasteiger partial charge in [-0.2, -0.15) is 5.10 Å². The Morgan fingerprint density at radius 3 is 2.68 bits per heavy atom. The lowest BCUT2D eigenvalue weighted by atomic mass is 10.2. The Morgan fingerprint density at radius 1 is 1.36 bits per heavy atom. The molecule has 2 bridgehead atoms. The Hall–Kier alpha value is -1.52. The molecule has 8 nitrogen and oxygen atoms in total. The maximum atomic E-state index is 12.8. The number of morpholine rings is 1. The minimum atomic E-state index is -3.27. The van der Waals surface area contributed by atoms with Crippen LogP contribution in [0.5, 0.6) is 0 Å². The first-order valence-corrected chi connectivity index (χ1v) is 10.8. The zero-order valence-electron chi connectivity index (χ0n) is 13.6. The van der Waals surface area contributed by atoms with Gasteiger partial charge < -0.3 is 9.64 Å². The Bertz CT molecular complexity index is 946. The first-order valence-electron chi connectivity index (χ1n) is 7.95. The number of hydrogen-bond acceptors (Lipinski definition) is 6. The molecule has 0 spiro atoms. The average molecular weight is 429 g/mol. The number of rotatable bonds is 3. The molecule has 2 aliphatic heterocycles. The molecular weight excluding hydrogens is 412 g/mol. The van der Waals surface area contributed by atoms with Gasteiger partial charge in [-0.25, -0.2) is 13.1 Å². The number of halogens is 1. The standard InChI is InChI=1S/C15H17BrN4O4S/c1-25(22,23)8-20-13-4-12(17-5-11(13)14(16)18-20)15(21)19-6-9-2-3-10(7-19)24-9/h4-5,9-10H,2-3,6-8H2,1H3. The largest absolute Gasteiger partial charge is 0.371 e. The number of likely N-dealkylation sites (tertiary alicyclic amines) is 1. The van der Waals surface area contributed by atoms with Crippen LogP contribution in [0, 0.1) is 0 Å². The molecule has 134 valence electrons. The fraction of sp³-hybridized carbons (Fsp3) is 0.533. The van der Waals surface area contributed by atoms with Crippen LogP contribution in [0.1, 0.15) is 23.3 Å². The Balaban J connectivity index is 1.68. The van der Waals surface area contributed by atoms with Crippen molar-refractivity contribution in [2.24, 2.45) is 0 Å². The Kier molecular flexibility index (Phi) is 4.08. The zero-order chi connectivity index (χ0) is 17.8. The Morgan fingerprint density at radius 2 is 2.04 bits per heavy atom. The van der Waals surface area contributed by atoms with E-state index in [1.165, 1.54) is 4.68 Å². The predicted molar refractivity (Wildman–Crippen MR) is 93.9 cm³/mol. The molecule has 0 aromatic carbocycles. The minimum absolute atomic E-state index is 0.108. The number of carbonyl (C=O) groups is 1. The number of ether oxygens (including phenoxy) is 1. The van der Waals surface area contributed by atoms with Crippen LogP contribution < -0.4 is 0 Å². The molecule has 0 radical (unpaired) electrons. The van der Waals surface area contributed by atoms with Crippen LogP contribution in [0.4, 0.5) is 0 Å². The summed E-state index contributed by atoms with van der Waals surface area (Å²) in [6, 6.07) is 1.61. The van der Waals surface area contributed by atoms with E-state index in [1.807, 2.05) is 0 Å². The van der Waals surface area contributed by atoms with Crippen molar-refractivity contribution in [3.63, 3.8) is 0 Å². The van der Waals surface area contributed by atoms with Crippen molar-refractivity contribution in [2.75, 3.05) is 19.3 Å². The van der Waals surface area contributed by atoms with Gasteiger partial charge in [-0.3, -0.25) is 9.78 Å². The van der Waals surface area contributed by atoms with E-state index < -0.39 is 9.84 Å². The molecule has 2 aromatic rings. The number of hydrogen-bond donors (Lipinski definition) is 0. The number of pyridine rings is 1. The third kappa shape index (κ3) is 3.30. The van der Waals surface area contributed by atoms with E-state index in [4.69, 9.17) is 4.74 Å². The van der Waals surface area contributed by atoms with Crippen molar-refractivity contribution < 1.29 is 17.9 Å². The van der Waals surface area contributed by atoms with Gasteiger partial charge in [0.1, 0.15) is 16.2 Å². The molecule has 2 unspecified atom stereocenters. The van der Waals surface area contributed by atoms with Crippen LogP contribution in [0.2, 0.25) is 0 Å². The third-order valence-electron chi connectivity index (χ3n) is 4.50. The lowest BCUT2D eigenvalue weighted by Crippen LogP contribution is -2.46. The maximum absolute atomic E-state index is 12.8. The van der Waals surface area contributed by atoms with E-state index in [0.717, 1.165) is 19.1 Å². The topological polar surface area (TPSA) is 94.4 Å². The van der Waals surface area contributed by atoms with Crippen molar-refractivity contribution in [1.29, 1.82) is 0 Å². The minimum Gasteiger partial charge on any atom is -0.371 e. The highest BCUT2D eigenvalue weighted by Crippen LogP contribution is 2.28. The van der Waals surface area contributed by atoms with Crippen LogP contribution in [0.15, 0.2) is 16.9 Å². The van der Waals surface area contributed by atoms with E-state index >= 15 is 0 Å². The smallest absolute Gasteiger partial charge is 0.272 e. The molecule has 0 saturated carbocycles. The highest BCUT2D eigenvalue weighted by Gasteiger charge is 2.36. The fourth-order valence-corrected chi connectivity index (χ4v) is 4.55. The number of carbonyl (C=O) groups excluding carboxylic acids is 1. The van der Waals surface area contributed by atoms with Crippen molar-refractivity contribution in [3.8, 4) is 0 Å². The number of nitrogens with zero attached hydrogens (tertiary/aromatic N) is 4. The second-order valence-electron chi connectivity index (χ2n) is 6.60. The summed E-state index contributed by atoms with van der Waals surface area (Å²) in [4.78, 5) is 18.8. The maximum Gasteiger partial charge on any atom is 0.272 e. The summed E-state index contributed by atoms with van der Waals surface area (Å²) in [7, 11) is -3.27. The monoisotopic (exact) mass is 428 g/mol. The van der Waals surface area contributed by atoms with Gasteiger partial charge in [0.2, 0.25) is 0 Å². The molecule has 2 atom stereocenters. The van der Waals surface area contributed by atoms with E-state index in [1.54, 1.807) is 17.2 Å². The summed E-state index contributed by atoms with van der Waals surface area (Å²) in [5.41, 5.74) is 0.850. The molecule has 2 saturated heterocycles. The van der Waals surface area contributed by atoms with Gasteiger partial charge >= 0.3 is 0 Å². The molecule has 4 rings (SSSR count). The molecule has 1 amide bonds. The summed E-state index contributed by atoms with van der Waals surface area (Å²) in [6.07, 6.45) is 4.87. The summed E-state index contributed by atoms with van der Waals surface area (Å²) < 4.78 is 30.9. The van der Waals surface area contributed by atoms with E-state index in [0.29, 0.717) is 28.6 Å². The lowest BCUT2D eigenvalue weighted by Gasteiger charge is -2.31. The highest BCUT2D eigenvalue weighted by atomic mass is 79.9. The predicted octanol–water partition coefficient (Wildman–Crippen LogP) is 1.20. The number of sulfone groups is 1. The van der Waals surface area contributed by atoms with Crippen LogP contribution in [-0.4, -0.2) is 65.5 Å². The summed E-state index contributed by atoms with van der Waals surface area (Å²) in [5.74, 6) is -0.417. The van der Waals surface area contributed by atoms with E-state index in [2.05, 4.69) is 26.0 Å². The van der Waals surface area contributed by atoms with Gasteiger partial charge in [0.15, 0.2) is 9.84 Å². The van der Waals surface area contributed by atoms with Gasteiger partial charge in [0, 0.05) is 25.5 Å². The number of aromatic nitrogens is 3. The van der Waals surface area contributed by atoms with Gasteiger partial charge in [-0.15, -0.1) is 0 Å². The van der Waals surface area contributed by atoms with Crippen molar-refractivity contribution in [1.82, 2.24) is 19.7 Å². The fourth-order valence-electron chi connectivity index (χ4n) is 3.41. The first-order chi connectivity index (χ1) is 11.8. The summed E-state index contributed by atoms with van der Waals surface area (Å²) >= 11 is 3.31. The quantitative estimate of drug-likeness (QED) is 0.728. The van der Waals surface area contributed by atoms with Crippen LogP contribution in [0.25, 0.3) is 10.9 Å². The summed E-state index contributed by atoms with van der Waals surface area (Å²) in [5, 5.41) is 4.86. The first kappa shape index (κ1) is 16.9. The highest BCUT2D eigenvalue weighted by molar-refractivity contribution is 9.10. The number of fused-ring (bicyclic) bond motifs is 3. The van der Waals surface area contributed by atoms with Crippen molar-refractivity contribution in [2.45, 2.75) is 30.9 Å². The Labute approximate surface area is 153 Å². The van der Waals surface area contributed by atoms with Crippen LogP contribution in [0.3, 0.4) is 0 Å². The van der Waals surface area contributed by atoms with Crippen molar-refractivity contribution >= 4 is 42.6 Å². The molecule has 2 fully saturated rings. The molecule has 0 aliphatic carbocycles. The van der Waals surface area contributed by atoms with E-state index in [-0.39, 0.29) is 29.7 Å². The zero-order valence-corrected chi connectivity index (χ0v) is 16.0.